The monoisotopic (exact) mass is 471 g/mol. The summed E-state index contributed by atoms with van der Waals surface area (Å²) >= 11 is 0. The average Bonchev–Trinajstić information content (AvgIpc) is 2.80. The van der Waals surface area contributed by atoms with Crippen molar-refractivity contribution in [2.24, 2.45) is 0 Å². The second-order valence-electron chi connectivity index (χ2n) is 7.23. The summed E-state index contributed by atoms with van der Waals surface area (Å²) in [5.41, 5.74) is 1.12. The van der Waals surface area contributed by atoms with Crippen molar-refractivity contribution in [3.8, 4) is 0 Å². The minimum atomic E-state index is -4.31. The molecule has 0 aliphatic carbocycles. The molecule has 0 saturated heterocycles. The zero-order valence-corrected chi connectivity index (χ0v) is 18.3. The van der Waals surface area contributed by atoms with Crippen LogP contribution in [0.2, 0.25) is 0 Å². The third-order valence-electron chi connectivity index (χ3n) is 4.72. The number of aliphatic carboxylic acids is 2. The highest BCUT2D eigenvalue weighted by molar-refractivity contribution is 5.89. The van der Waals surface area contributed by atoms with Gasteiger partial charge in [-0.2, -0.15) is 13.2 Å². The summed E-state index contributed by atoms with van der Waals surface area (Å²) in [4.78, 5) is 19.1. The van der Waals surface area contributed by atoms with Crippen molar-refractivity contribution in [3.05, 3.63) is 102 Å². The van der Waals surface area contributed by atoms with E-state index < -0.39 is 23.7 Å². The molecule has 0 heterocycles. The number of hydrogen-bond donors (Lipinski definition) is 3. The Labute approximate surface area is 194 Å². The first-order valence-corrected chi connectivity index (χ1v) is 10.3. The molecule has 0 unspecified atom stereocenters. The summed E-state index contributed by atoms with van der Waals surface area (Å²) in [6, 6.07) is 19.9. The van der Waals surface area contributed by atoms with Crippen LogP contribution >= 0.6 is 0 Å². The van der Waals surface area contributed by atoms with Gasteiger partial charge in [0.05, 0.1) is 5.56 Å². The van der Waals surface area contributed by atoms with Crippen molar-refractivity contribution in [3.63, 3.8) is 0 Å². The number of carbonyl (C=O) groups is 2. The lowest BCUT2D eigenvalue weighted by Gasteiger charge is -2.15. The molecule has 1 atom stereocenters. The largest absolute Gasteiger partial charge is 0.478 e. The van der Waals surface area contributed by atoms with Crippen LogP contribution in [0, 0.1) is 0 Å². The molecule has 0 bridgehead atoms. The second-order valence-corrected chi connectivity index (χ2v) is 7.23. The van der Waals surface area contributed by atoms with Crippen LogP contribution in [0.5, 0.6) is 0 Å². The Bertz CT molecular complexity index is 1160. The van der Waals surface area contributed by atoms with Crippen molar-refractivity contribution in [1.29, 1.82) is 0 Å². The third-order valence-corrected chi connectivity index (χ3v) is 4.72. The molecule has 0 radical (unpaired) electrons. The molecule has 0 aliphatic heterocycles. The number of carboxylic acid groups (broad SMARTS) is 2. The molecule has 3 aromatic rings. The molecule has 0 aromatic heterocycles. The standard InChI is InChI=1S/C22H20F3N.C4H4O4/c1-16(20-13-5-10-18-9-2-3-12-21(18)20)26-14-6-8-17-7-4-11-19(15-17)22(23,24)25;5-3(6)1-2-4(7)8/h2-13,15-16,26H,14H2,1H3;1-2H,(H,5,6)(H,7,8)/b;2-1+/t16-;/m1./s1. The van der Waals surface area contributed by atoms with Crippen LogP contribution in [0.4, 0.5) is 13.2 Å². The molecule has 0 spiro atoms. The SMILES string of the molecule is C[C@@H](NCC=Cc1cccc(C(F)(F)F)c1)c1cccc2ccccc12.O=C(O)/C=C/C(=O)O. The summed E-state index contributed by atoms with van der Waals surface area (Å²) in [6.45, 7) is 2.65. The number of hydrogen-bond acceptors (Lipinski definition) is 3. The maximum Gasteiger partial charge on any atom is 0.416 e. The van der Waals surface area contributed by atoms with Gasteiger partial charge in [0, 0.05) is 24.7 Å². The van der Waals surface area contributed by atoms with E-state index in [1.807, 2.05) is 24.3 Å². The van der Waals surface area contributed by atoms with Crippen LogP contribution in [-0.4, -0.2) is 28.7 Å². The second kappa shape index (κ2) is 12.4. The number of carboxylic acids is 2. The van der Waals surface area contributed by atoms with E-state index in [-0.39, 0.29) is 6.04 Å². The van der Waals surface area contributed by atoms with Crippen LogP contribution in [0.3, 0.4) is 0 Å². The van der Waals surface area contributed by atoms with Crippen LogP contribution < -0.4 is 5.32 Å². The molecule has 8 heteroatoms. The first-order chi connectivity index (χ1) is 16.1. The Morgan fingerprint density at radius 2 is 1.56 bits per heavy atom. The van der Waals surface area contributed by atoms with E-state index in [4.69, 9.17) is 10.2 Å². The number of nitrogens with one attached hydrogen (secondary N) is 1. The molecule has 0 fully saturated rings. The Morgan fingerprint density at radius 3 is 2.21 bits per heavy atom. The highest BCUT2D eigenvalue weighted by atomic mass is 19.4. The highest BCUT2D eigenvalue weighted by Crippen LogP contribution is 2.29. The van der Waals surface area contributed by atoms with E-state index >= 15 is 0 Å². The zero-order chi connectivity index (χ0) is 25.1. The van der Waals surface area contributed by atoms with E-state index in [2.05, 4.69) is 36.5 Å². The number of halogens is 3. The topological polar surface area (TPSA) is 86.6 Å². The lowest BCUT2D eigenvalue weighted by Crippen LogP contribution is -2.18. The van der Waals surface area contributed by atoms with Gasteiger partial charge < -0.3 is 15.5 Å². The lowest BCUT2D eigenvalue weighted by molar-refractivity contribution is -0.137. The summed E-state index contributed by atoms with van der Waals surface area (Å²) in [7, 11) is 0. The van der Waals surface area contributed by atoms with E-state index in [1.54, 1.807) is 12.1 Å². The molecule has 5 nitrogen and oxygen atoms in total. The number of alkyl halides is 3. The predicted molar refractivity (Wildman–Crippen MR) is 125 cm³/mol. The Balaban J connectivity index is 0.000000440. The Morgan fingerprint density at radius 1 is 0.941 bits per heavy atom. The van der Waals surface area contributed by atoms with E-state index in [0.717, 1.165) is 12.1 Å². The first-order valence-electron chi connectivity index (χ1n) is 10.3. The highest BCUT2D eigenvalue weighted by Gasteiger charge is 2.30. The quantitative estimate of drug-likeness (QED) is 0.372. The fourth-order valence-corrected chi connectivity index (χ4v) is 3.14. The number of benzene rings is 3. The summed E-state index contributed by atoms with van der Waals surface area (Å²) < 4.78 is 38.2. The van der Waals surface area contributed by atoms with Crippen molar-refractivity contribution >= 4 is 28.8 Å². The molecule has 0 amide bonds. The maximum absolute atomic E-state index is 12.7. The first kappa shape index (κ1) is 26.3. The molecule has 34 heavy (non-hydrogen) atoms. The van der Waals surface area contributed by atoms with Gasteiger partial charge in [-0.25, -0.2) is 9.59 Å². The molecule has 3 rings (SSSR count). The van der Waals surface area contributed by atoms with Gasteiger partial charge in [-0.1, -0.05) is 66.7 Å². The average molecular weight is 471 g/mol. The summed E-state index contributed by atoms with van der Waals surface area (Å²) in [6.07, 6.45) is 0.352. The van der Waals surface area contributed by atoms with E-state index in [9.17, 15) is 22.8 Å². The summed E-state index contributed by atoms with van der Waals surface area (Å²) in [5.74, 6) is -2.51. The van der Waals surface area contributed by atoms with Crippen LogP contribution in [0.25, 0.3) is 16.8 Å². The van der Waals surface area contributed by atoms with Crippen LogP contribution in [0.15, 0.2) is 85.0 Å². The normalized spacial score (nSPS) is 12.5. The van der Waals surface area contributed by atoms with Gasteiger partial charge in [0.15, 0.2) is 0 Å². The Hall–Kier alpha value is -3.91. The van der Waals surface area contributed by atoms with Gasteiger partial charge in [-0.15, -0.1) is 0 Å². The minimum absolute atomic E-state index is 0.132. The predicted octanol–water partition coefficient (Wildman–Crippen LogP) is 5.93. The molecule has 0 aliphatic rings. The number of rotatable bonds is 7. The molecular formula is C26H24F3NO4. The molecule has 3 aromatic carbocycles. The van der Waals surface area contributed by atoms with Crippen molar-refractivity contribution in [1.82, 2.24) is 5.32 Å². The molecular weight excluding hydrogens is 447 g/mol. The van der Waals surface area contributed by atoms with Gasteiger partial charge in [0.2, 0.25) is 0 Å². The Kier molecular flexibility index (Phi) is 9.58. The fourth-order valence-electron chi connectivity index (χ4n) is 3.14. The van der Waals surface area contributed by atoms with Gasteiger partial charge in [0.1, 0.15) is 0 Å². The van der Waals surface area contributed by atoms with Gasteiger partial charge in [0.25, 0.3) is 0 Å². The number of fused-ring (bicyclic) bond motifs is 1. The molecule has 0 saturated carbocycles. The van der Waals surface area contributed by atoms with Gasteiger partial charge in [-0.05, 0) is 41.0 Å². The lowest BCUT2D eigenvalue weighted by atomic mass is 10.00. The van der Waals surface area contributed by atoms with Crippen LogP contribution in [0.1, 0.15) is 29.7 Å². The molecule has 178 valence electrons. The molecule has 3 N–H and O–H groups in total. The van der Waals surface area contributed by atoms with Crippen molar-refractivity contribution < 1.29 is 33.0 Å². The minimum Gasteiger partial charge on any atom is -0.478 e. The third kappa shape index (κ3) is 8.55. The zero-order valence-electron chi connectivity index (χ0n) is 18.3. The van der Waals surface area contributed by atoms with Crippen LogP contribution in [-0.2, 0) is 15.8 Å². The fraction of sp³-hybridized carbons (Fsp3) is 0.154. The van der Waals surface area contributed by atoms with E-state index in [1.165, 1.54) is 22.4 Å². The smallest absolute Gasteiger partial charge is 0.416 e. The van der Waals surface area contributed by atoms with Crippen molar-refractivity contribution in [2.75, 3.05) is 6.54 Å². The van der Waals surface area contributed by atoms with Gasteiger partial charge in [-0.3, -0.25) is 0 Å². The van der Waals surface area contributed by atoms with Gasteiger partial charge >= 0.3 is 18.1 Å². The van der Waals surface area contributed by atoms with E-state index in [0.29, 0.717) is 24.3 Å². The van der Waals surface area contributed by atoms with Crippen molar-refractivity contribution in [2.45, 2.75) is 19.1 Å². The summed E-state index contributed by atoms with van der Waals surface area (Å²) in [5, 5.41) is 21.4. The maximum atomic E-state index is 12.7.